The summed E-state index contributed by atoms with van der Waals surface area (Å²) < 4.78 is 0. The number of Topliss-reactive ketones (excluding diaryl/α,β-unsaturated/α-hetero) is 1. The summed E-state index contributed by atoms with van der Waals surface area (Å²) >= 11 is 0. The largest absolute Gasteiger partial charge is 0.378 e. The summed E-state index contributed by atoms with van der Waals surface area (Å²) in [5, 5.41) is 20.4. The molecule has 0 bridgehead atoms. The predicted molar refractivity (Wildman–Crippen MR) is 77.1 cm³/mol. The van der Waals surface area contributed by atoms with Gasteiger partial charge in [-0.05, 0) is 19.1 Å². The Morgan fingerprint density at radius 1 is 1.00 bits per heavy atom. The lowest BCUT2D eigenvalue weighted by atomic mass is 9.99. The number of aliphatic hydroxyl groups is 1. The summed E-state index contributed by atoms with van der Waals surface area (Å²) in [6.45, 7) is 1.35. The van der Waals surface area contributed by atoms with Gasteiger partial charge in [0, 0.05) is 11.1 Å². The fourth-order valence-corrected chi connectivity index (χ4v) is 2.00. The topological polar surface area (TPSA) is 77.8 Å². The fourth-order valence-electron chi connectivity index (χ4n) is 2.00. The molecule has 2 N–H and O–H groups in total. The molecule has 1 unspecified atom stereocenters. The van der Waals surface area contributed by atoms with Crippen molar-refractivity contribution in [1.82, 2.24) is 0 Å². The van der Waals surface area contributed by atoms with E-state index in [2.05, 4.69) is 0 Å². The van der Waals surface area contributed by atoms with Crippen LogP contribution in [0.3, 0.4) is 0 Å². The Hall–Kier alpha value is -2.50. The lowest BCUT2D eigenvalue weighted by Gasteiger charge is -2.20. The van der Waals surface area contributed by atoms with Crippen molar-refractivity contribution in [3.8, 4) is 0 Å². The van der Waals surface area contributed by atoms with Crippen LogP contribution in [-0.4, -0.2) is 22.0 Å². The Morgan fingerprint density at radius 2 is 1.57 bits per heavy atom. The van der Waals surface area contributed by atoms with Crippen molar-refractivity contribution in [2.45, 2.75) is 13.0 Å². The number of hydrogen-bond donors (Lipinski definition) is 2. The minimum Gasteiger partial charge on any atom is -0.378 e. The molecule has 0 spiro atoms. The minimum absolute atomic E-state index is 0.171. The van der Waals surface area contributed by atoms with Crippen LogP contribution in [-0.2, 0) is 4.79 Å². The van der Waals surface area contributed by atoms with Gasteiger partial charge in [-0.2, -0.15) is 5.06 Å². The molecule has 2 rings (SSSR count). The summed E-state index contributed by atoms with van der Waals surface area (Å²) in [6, 6.07) is 14.4. The van der Waals surface area contributed by atoms with E-state index in [1.807, 2.05) is 0 Å². The van der Waals surface area contributed by atoms with Crippen molar-refractivity contribution in [1.29, 1.82) is 0 Å². The molecule has 0 radical (unpaired) electrons. The molecule has 5 heteroatoms. The Balaban J connectivity index is 2.30. The molecule has 0 aromatic heterocycles. The Bertz CT molecular complexity index is 654. The van der Waals surface area contributed by atoms with E-state index in [1.54, 1.807) is 30.3 Å². The third kappa shape index (κ3) is 3.16. The summed E-state index contributed by atoms with van der Waals surface area (Å²) in [5.41, 5.74) is 0.659. The van der Waals surface area contributed by atoms with Crippen molar-refractivity contribution in [2.24, 2.45) is 0 Å². The zero-order chi connectivity index (χ0) is 15.4. The van der Waals surface area contributed by atoms with Crippen molar-refractivity contribution in [2.75, 3.05) is 5.06 Å². The second-order valence-electron chi connectivity index (χ2n) is 4.53. The van der Waals surface area contributed by atoms with E-state index in [0.29, 0.717) is 5.06 Å². The highest BCUT2D eigenvalue weighted by Crippen LogP contribution is 2.22. The number of benzene rings is 2. The molecule has 0 aliphatic rings. The van der Waals surface area contributed by atoms with Gasteiger partial charge in [-0.1, -0.05) is 42.5 Å². The number of para-hydroxylation sites is 1. The van der Waals surface area contributed by atoms with E-state index in [-0.39, 0.29) is 22.6 Å². The van der Waals surface area contributed by atoms with E-state index in [0.717, 1.165) is 0 Å². The van der Waals surface area contributed by atoms with Gasteiger partial charge in [0.25, 0.3) is 5.91 Å². The Labute approximate surface area is 122 Å². The monoisotopic (exact) mass is 285 g/mol. The van der Waals surface area contributed by atoms with Crippen LogP contribution in [0.25, 0.3) is 0 Å². The highest BCUT2D eigenvalue weighted by molar-refractivity contribution is 6.00. The number of rotatable bonds is 4. The van der Waals surface area contributed by atoms with E-state index < -0.39 is 12.0 Å². The van der Waals surface area contributed by atoms with Gasteiger partial charge in [0.2, 0.25) is 0 Å². The predicted octanol–water partition coefficient (Wildman–Crippen LogP) is 2.35. The number of amides is 1. The first-order valence-electron chi connectivity index (χ1n) is 6.38. The second kappa shape index (κ2) is 6.30. The third-order valence-electron chi connectivity index (χ3n) is 3.08. The molecule has 5 nitrogen and oxygen atoms in total. The molecule has 21 heavy (non-hydrogen) atoms. The SMILES string of the molecule is CC(=O)c1ccccc1C(O)C(=O)N(O)c1ccccc1. The minimum atomic E-state index is -1.62. The third-order valence-corrected chi connectivity index (χ3v) is 3.08. The summed E-state index contributed by atoms with van der Waals surface area (Å²) in [6.07, 6.45) is -1.62. The quantitative estimate of drug-likeness (QED) is 0.513. The van der Waals surface area contributed by atoms with Gasteiger partial charge < -0.3 is 5.11 Å². The van der Waals surface area contributed by atoms with E-state index >= 15 is 0 Å². The normalized spacial score (nSPS) is 11.8. The molecule has 0 saturated carbocycles. The summed E-state index contributed by atoms with van der Waals surface area (Å²) in [4.78, 5) is 23.7. The van der Waals surface area contributed by atoms with Crippen LogP contribution in [0, 0.1) is 0 Å². The van der Waals surface area contributed by atoms with Crippen LogP contribution in [0.1, 0.15) is 28.9 Å². The second-order valence-corrected chi connectivity index (χ2v) is 4.53. The number of hydroxylamine groups is 1. The highest BCUT2D eigenvalue weighted by Gasteiger charge is 2.26. The van der Waals surface area contributed by atoms with E-state index in [9.17, 15) is 19.9 Å². The lowest BCUT2D eigenvalue weighted by molar-refractivity contribution is -0.132. The van der Waals surface area contributed by atoms with Gasteiger partial charge in [0.1, 0.15) is 0 Å². The molecule has 0 saturated heterocycles. The molecule has 0 aliphatic heterocycles. The van der Waals surface area contributed by atoms with Crippen molar-refractivity contribution < 1.29 is 19.9 Å². The average molecular weight is 285 g/mol. The van der Waals surface area contributed by atoms with Gasteiger partial charge in [0.05, 0.1) is 5.69 Å². The van der Waals surface area contributed by atoms with Crippen molar-refractivity contribution in [3.63, 3.8) is 0 Å². The zero-order valence-corrected chi connectivity index (χ0v) is 11.4. The number of anilines is 1. The van der Waals surface area contributed by atoms with Crippen LogP contribution in [0.15, 0.2) is 54.6 Å². The molecule has 108 valence electrons. The first kappa shape index (κ1) is 14.9. The van der Waals surface area contributed by atoms with Crippen LogP contribution < -0.4 is 5.06 Å². The maximum Gasteiger partial charge on any atom is 0.284 e. The van der Waals surface area contributed by atoms with Crippen molar-refractivity contribution in [3.05, 3.63) is 65.7 Å². The molecule has 0 heterocycles. The number of ketones is 1. The van der Waals surface area contributed by atoms with Crippen LogP contribution >= 0.6 is 0 Å². The van der Waals surface area contributed by atoms with Gasteiger partial charge in [-0.3, -0.25) is 14.8 Å². The highest BCUT2D eigenvalue weighted by atomic mass is 16.5. The first-order valence-corrected chi connectivity index (χ1v) is 6.38. The van der Waals surface area contributed by atoms with Gasteiger partial charge >= 0.3 is 0 Å². The van der Waals surface area contributed by atoms with Crippen LogP contribution in [0.5, 0.6) is 0 Å². The smallest absolute Gasteiger partial charge is 0.284 e. The number of nitrogens with zero attached hydrogens (tertiary/aromatic N) is 1. The lowest BCUT2D eigenvalue weighted by Crippen LogP contribution is -2.32. The van der Waals surface area contributed by atoms with Gasteiger partial charge in [-0.25, -0.2) is 0 Å². The molecular weight excluding hydrogens is 270 g/mol. The molecule has 2 aromatic carbocycles. The number of hydrogen-bond acceptors (Lipinski definition) is 4. The number of carbonyl (C=O) groups is 2. The average Bonchev–Trinajstić information content (AvgIpc) is 2.53. The summed E-state index contributed by atoms with van der Waals surface area (Å²) in [5.74, 6) is -1.18. The maximum atomic E-state index is 12.1. The van der Waals surface area contributed by atoms with Crippen molar-refractivity contribution >= 4 is 17.4 Å². The fraction of sp³-hybridized carbons (Fsp3) is 0.125. The molecule has 2 aromatic rings. The number of aliphatic hydroxyl groups excluding tert-OH is 1. The Morgan fingerprint density at radius 3 is 2.19 bits per heavy atom. The summed E-state index contributed by atoms with van der Waals surface area (Å²) in [7, 11) is 0. The van der Waals surface area contributed by atoms with Crippen LogP contribution in [0.2, 0.25) is 0 Å². The Kier molecular flexibility index (Phi) is 4.47. The molecule has 0 aliphatic carbocycles. The maximum absolute atomic E-state index is 12.1. The molecule has 1 amide bonds. The molecule has 0 fully saturated rings. The standard InChI is InChI=1S/C16H15NO4/c1-11(18)13-9-5-6-10-14(13)15(19)16(20)17(21)12-7-3-2-4-8-12/h2-10,15,19,21H,1H3. The van der Waals surface area contributed by atoms with Crippen LogP contribution in [0.4, 0.5) is 5.69 Å². The van der Waals surface area contributed by atoms with Gasteiger partial charge in [-0.15, -0.1) is 0 Å². The molecule has 1 atom stereocenters. The van der Waals surface area contributed by atoms with E-state index in [1.165, 1.54) is 31.2 Å². The first-order chi connectivity index (χ1) is 10.0. The van der Waals surface area contributed by atoms with E-state index in [4.69, 9.17) is 0 Å². The number of carbonyl (C=O) groups excluding carboxylic acids is 2. The zero-order valence-electron chi connectivity index (χ0n) is 11.4. The van der Waals surface area contributed by atoms with Gasteiger partial charge in [0.15, 0.2) is 11.9 Å². The molecular formula is C16H15NO4.